The van der Waals surface area contributed by atoms with Crippen molar-refractivity contribution in [1.82, 2.24) is 24.8 Å². The average molecular weight is 407 g/mol. The number of ether oxygens (including phenoxy) is 1. The first kappa shape index (κ1) is 19.1. The molecular formula is C21H21N5O2S. The molecule has 0 unspecified atom stereocenters. The maximum Gasteiger partial charge on any atom is 0.307 e. The standard InChI is InChI=1S/C21H21N5O2S/c1-28-18(27)10-14-26-20(19(24-21(26)29)15-7-2-4-11-22-15)16-8-6-13-25(16)17-9-3-5-12-23-17/h2-9,11-13,19-20H,10,14H2,1H3,(H,24,29)/t19-,20+/m0/s1. The van der Waals surface area contributed by atoms with Crippen LogP contribution in [0.4, 0.5) is 0 Å². The largest absolute Gasteiger partial charge is 0.469 e. The van der Waals surface area contributed by atoms with Crippen molar-refractivity contribution >= 4 is 23.3 Å². The van der Waals surface area contributed by atoms with Crippen LogP contribution >= 0.6 is 12.2 Å². The summed E-state index contributed by atoms with van der Waals surface area (Å²) < 4.78 is 6.86. The zero-order chi connectivity index (χ0) is 20.2. The summed E-state index contributed by atoms with van der Waals surface area (Å²) >= 11 is 5.63. The Hall–Kier alpha value is -3.26. The van der Waals surface area contributed by atoms with Crippen LogP contribution in [-0.4, -0.2) is 44.2 Å². The van der Waals surface area contributed by atoms with E-state index in [4.69, 9.17) is 17.0 Å². The van der Waals surface area contributed by atoms with Crippen LogP contribution in [0.15, 0.2) is 67.1 Å². The van der Waals surface area contributed by atoms with E-state index in [1.807, 2.05) is 58.1 Å². The van der Waals surface area contributed by atoms with Gasteiger partial charge >= 0.3 is 5.97 Å². The lowest BCUT2D eigenvalue weighted by Gasteiger charge is -2.28. The number of rotatable bonds is 6. The summed E-state index contributed by atoms with van der Waals surface area (Å²) in [5.74, 6) is 0.547. The maximum absolute atomic E-state index is 11.8. The van der Waals surface area contributed by atoms with Crippen molar-refractivity contribution in [2.24, 2.45) is 0 Å². The molecule has 29 heavy (non-hydrogen) atoms. The number of aromatic nitrogens is 3. The molecule has 0 amide bonds. The third-order valence-electron chi connectivity index (χ3n) is 4.96. The Morgan fingerprint density at radius 2 is 1.93 bits per heavy atom. The lowest BCUT2D eigenvalue weighted by Crippen LogP contribution is -2.32. The van der Waals surface area contributed by atoms with Crippen molar-refractivity contribution in [3.05, 3.63) is 78.5 Å². The third kappa shape index (κ3) is 3.84. The van der Waals surface area contributed by atoms with E-state index in [1.165, 1.54) is 7.11 Å². The minimum atomic E-state index is -0.270. The van der Waals surface area contributed by atoms with Crippen molar-refractivity contribution < 1.29 is 9.53 Å². The highest BCUT2D eigenvalue weighted by Gasteiger charge is 2.41. The molecule has 0 saturated carbocycles. The SMILES string of the molecule is COC(=O)CCN1C(=S)N[C@@H](c2ccccn2)[C@H]1c1cccn1-c1ccccn1. The number of pyridine rings is 2. The number of carbonyl (C=O) groups excluding carboxylic acids is 1. The Morgan fingerprint density at radius 3 is 2.62 bits per heavy atom. The van der Waals surface area contributed by atoms with Gasteiger partial charge in [-0.3, -0.25) is 9.78 Å². The summed E-state index contributed by atoms with van der Waals surface area (Å²) in [5.41, 5.74) is 1.89. The molecule has 8 heteroatoms. The summed E-state index contributed by atoms with van der Waals surface area (Å²) in [5, 5.41) is 3.97. The first-order chi connectivity index (χ1) is 14.2. The van der Waals surface area contributed by atoms with Gasteiger partial charge in [0.1, 0.15) is 5.82 Å². The molecule has 7 nitrogen and oxygen atoms in total. The van der Waals surface area contributed by atoms with Crippen molar-refractivity contribution in [3.63, 3.8) is 0 Å². The molecule has 0 aliphatic carbocycles. The van der Waals surface area contributed by atoms with Crippen LogP contribution in [0.2, 0.25) is 0 Å². The summed E-state index contributed by atoms with van der Waals surface area (Å²) in [6, 6.07) is 15.3. The van der Waals surface area contributed by atoms with E-state index in [0.29, 0.717) is 11.7 Å². The van der Waals surface area contributed by atoms with E-state index in [9.17, 15) is 4.79 Å². The highest BCUT2D eigenvalue weighted by Crippen LogP contribution is 2.39. The van der Waals surface area contributed by atoms with Gasteiger partial charge in [0.2, 0.25) is 0 Å². The zero-order valence-corrected chi connectivity index (χ0v) is 16.7. The number of nitrogens with zero attached hydrogens (tertiary/aromatic N) is 4. The Morgan fingerprint density at radius 1 is 1.14 bits per heavy atom. The highest BCUT2D eigenvalue weighted by molar-refractivity contribution is 7.80. The number of thiocarbonyl (C=S) groups is 1. The number of carbonyl (C=O) groups is 1. The summed E-state index contributed by atoms with van der Waals surface area (Å²) in [7, 11) is 1.39. The summed E-state index contributed by atoms with van der Waals surface area (Å²) in [6.07, 6.45) is 5.76. The van der Waals surface area contributed by atoms with Crippen LogP contribution in [0.1, 0.15) is 29.9 Å². The lowest BCUT2D eigenvalue weighted by atomic mass is 10.0. The molecule has 4 heterocycles. The van der Waals surface area contributed by atoms with E-state index in [2.05, 4.69) is 21.4 Å². The molecule has 1 aliphatic rings. The van der Waals surface area contributed by atoms with Crippen molar-refractivity contribution in [1.29, 1.82) is 0 Å². The molecule has 0 bridgehead atoms. The quantitative estimate of drug-likeness (QED) is 0.498. The second-order valence-electron chi connectivity index (χ2n) is 6.64. The molecule has 1 saturated heterocycles. The Balaban J connectivity index is 1.75. The van der Waals surface area contributed by atoms with Crippen LogP contribution < -0.4 is 5.32 Å². The molecule has 3 aromatic rings. The van der Waals surface area contributed by atoms with Crippen LogP contribution in [0.3, 0.4) is 0 Å². The van der Waals surface area contributed by atoms with Gasteiger partial charge in [0.05, 0.1) is 31.3 Å². The van der Waals surface area contributed by atoms with Crippen molar-refractivity contribution in [2.45, 2.75) is 18.5 Å². The van der Waals surface area contributed by atoms with Gasteiger partial charge in [-0.15, -0.1) is 0 Å². The molecule has 0 aromatic carbocycles. The minimum absolute atomic E-state index is 0.154. The molecule has 1 fully saturated rings. The molecule has 2 atom stereocenters. The number of nitrogens with one attached hydrogen (secondary N) is 1. The number of hydrogen-bond donors (Lipinski definition) is 1. The van der Waals surface area contributed by atoms with Gasteiger partial charge in [0.15, 0.2) is 5.11 Å². The second-order valence-corrected chi connectivity index (χ2v) is 7.02. The van der Waals surface area contributed by atoms with Crippen LogP contribution in [0, 0.1) is 0 Å². The molecule has 4 rings (SSSR count). The summed E-state index contributed by atoms with van der Waals surface area (Å²) in [4.78, 5) is 22.8. The summed E-state index contributed by atoms with van der Waals surface area (Å²) in [6.45, 7) is 0.444. The fraction of sp³-hybridized carbons (Fsp3) is 0.238. The predicted octanol–water partition coefficient (Wildman–Crippen LogP) is 2.80. The molecule has 0 radical (unpaired) electrons. The molecular weight excluding hydrogens is 386 g/mol. The lowest BCUT2D eigenvalue weighted by molar-refractivity contribution is -0.140. The van der Waals surface area contributed by atoms with E-state index < -0.39 is 0 Å². The Kier molecular flexibility index (Phi) is 5.53. The number of methoxy groups -OCH3 is 1. The van der Waals surface area contributed by atoms with Crippen LogP contribution in [0.25, 0.3) is 5.82 Å². The first-order valence-electron chi connectivity index (χ1n) is 9.32. The van der Waals surface area contributed by atoms with Gasteiger partial charge in [-0.1, -0.05) is 12.1 Å². The van der Waals surface area contributed by atoms with Gasteiger partial charge < -0.3 is 19.5 Å². The molecule has 3 aromatic heterocycles. The fourth-order valence-electron chi connectivity index (χ4n) is 3.62. The topological polar surface area (TPSA) is 72.3 Å². The van der Waals surface area contributed by atoms with Crippen molar-refractivity contribution in [2.75, 3.05) is 13.7 Å². The van der Waals surface area contributed by atoms with E-state index >= 15 is 0 Å². The van der Waals surface area contributed by atoms with Gasteiger partial charge in [-0.25, -0.2) is 4.98 Å². The van der Waals surface area contributed by atoms with Gasteiger partial charge in [-0.2, -0.15) is 0 Å². The minimum Gasteiger partial charge on any atom is -0.469 e. The first-order valence-corrected chi connectivity index (χ1v) is 9.73. The monoisotopic (exact) mass is 407 g/mol. The smallest absolute Gasteiger partial charge is 0.307 e. The highest BCUT2D eigenvalue weighted by atomic mass is 32.1. The zero-order valence-electron chi connectivity index (χ0n) is 15.9. The molecule has 148 valence electrons. The van der Waals surface area contributed by atoms with Gasteiger partial charge in [0.25, 0.3) is 0 Å². The van der Waals surface area contributed by atoms with E-state index in [0.717, 1.165) is 17.2 Å². The van der Waals surface area contributed by atoms with E-state index in [1.54, 1.807) is 12.4 Å². The van der Waals surface area contributed by atoms with Crippen LogP contribution in [-0.2, 0) is 9.53 Å². The number of esters is 1. The van der Waals surface area contributed by atoms with Crippen molar-refractivity contribution in [3.8, 4) is 5.82 Å². The maximum atomic E-state index is 11.8. The normalized spacial score (nSPS) is 18.5. The fourth-order valence-corrected chi connectivity index (χ4v) is 3.95. The molecule has 1 N–H and O–H groups in total. The molecule has 1 aliphatic heterocycles. The van der Waals surface area contributed by atoms with E-state index in [-0.39, 0.29) is 24.5 Å². The van der Waals surface area contributed by atoms with Crippen LogP contribution in [0.5, 0.6) is 0 Å². The third-order valence-corrected chi connectivity index (χ3v) is 5.31. The van der Waals surface area contributed by atoms with Gasteiger partial charge in [-0.05, 0) is 48.6 Å². The molecule has 0 spiro atoms. The average Bonchev–Trinajstić information content (AvgIpc) is 3.37. The predicted molar refractivity (Wildman–Crippen MR) is 112 cm³/mol. The van der Waals surface area contributed by atoms with Gasteiger partial charge in [0, 0.05) is 30.8 Å². The Bertz CT molecular complexity index is 993. The Labute approximate surface area is 174 Å². The second kappa shape index (κ2) is 8.40. The number of hydrogen-bond acceptors (Lipinski definition) is 5.